The summed E-state index contributed by atoms with van der Waals surface area (Å²) in [4.78, 5) is 14.3. The van der Waals surface area contributed by atoms with Crippen LogP contribution in [0.25, 0.3) is 0 Å². The molecule has 23 heavy (non-hydrogen) atoms. The molecule has 1 fully saturated rings. The summed E-state index contributed by atoms with van der Waals surface area (Å²) in [5, 5.41) is 2.66. The van der Waals surface area contributed by atoms with Gasteiger partial charge in [-0.05, 0) is 5.56 Å². The first-order chi connectivity index (χ1) is 11.0. The minimum atomic E-state index is -3.06. The topological polar surface area (TPSA) is 75.7 Å². The molecule has 0 saturated carbocycles. The maximum Gasteiger partial charge on any atom is 0.250 e. The van der Waals surface area contributed by atoms with E-state index in [0.29, 0.717) is 13.2 Å². The molecule has 1 atom stereocenters. The zero-order valence-corrected chi connectivity index (χ0v) is 14.2. The molecule has 0 spiro atoms. The van der Waals surface area contributed by atoms with Crippen LogP contribution in [0.3, 0.4) is 0 Å². The molecule has 6 nitrogen and oxygen atoms in total. The SMILES string of the molecule is CCS(=O)(=O)CCNC(=O)C1CN(Cc2ccccc2)CCO1. The van der Waals surface area contributed by atoms with Gasteiger partial charge in [0.05, 0.1) is 12.4 Å². The Bertz CT molecular complexity index is 604. The maximum absolute atomic E-state index is 12.1. The Hall–Kier alpha value is -1.44. The second-order valence-corrected chi connectivity index (χ2v) is 8.08. The lowest BCUT2D eigenvalue weighted by Gasteiger charge is -2.32. The zero-order chi connectivity index (χ0) is 16.7. The molecular weight excluding hydrogens is 316 g/mol. The number of nitrogens with zero attached hydrogens (tertiary/aromatic N) is 1. The summed E-state index contributed by atoms with van der Waals surface area (Å²) in [6.45, 7) is 4.30. The van der Waals surface area contributed by atoms with E-state index in [4.69, 9.17) is 4.74 Å². The molecule has 7 heteroatoms. The number of morpholine rings is 1. The second-order valence-electron chi connectivity index (χ2n) is 5.61. The molecule has 128 valence electrons. The van der Waals surface area contributed by atoms with E-state index in [1.165, 1.54) is 5.56 Å². The van der Waals surface area contributed by atoms with Gasteiger partial charge in [-0.2, -0.15) is 0 Å². The number of hydrogen-bond donors (Lipinski definition) is 1. The van der Waals surface area contributed by atoms with E-state index in [0.717, 1.165) is 13.1 Å². The minimum absolute atomic E-state index is 0.0321. The van der Waals surface area contributed by atoms with E-state index in [1.807, 2.05) is 18.2 Å². The smallest absolute Gasteiger partial charge is 0.250 e. The highest BCUT2D eigenvalue weighted by Crippen LogP contribution is 2.10. The molecule has 1 saturated heterocycles. The first-order valence-corrected chi connectivity index (χ1v) is 9.68. The Labute approximate surface area is 137 Å². The Balaban J connectivity index is 1.80. The summed E-state index contributed by atoms with van der Waals surface area (Å²) in [6.07, 6.45) is -0.545. The van der Waals surface area contributed by atoms with Gasteiger partial charge < -0.3 is 10.1 Å². The lowest BCUT2D eigenvalue weighted by molar-refractivity contribution is -0.138. The van der Waals surface area contributed by atoms with E-state index < -0.39 is 15.9 Å². The lowest BCUT2D eigenvalue weighted by Crippen LogP contribution is -2.50. The molecule has 1 unspecified atom stereocenters. The zero-order valence-electron chi connectivity index (χ0n) is 13.4. The van der Waals surface area contributed by atoms with Crippen LogP contribution in [0.4, 0.5) is 0 Å². The third-order valence-electron chi connectivity index (χ3n) is 3.84. The van der Waals surface area contributed by atoms with Gasteiger partial charge in [0.1, 0.15) is 6.10 Å². The van der Waals surface area contributed by atoms with Crippen molar-refractivity contribution in [1.29, 1.82) is 0 Å². The average molecular weight is 340 g/mol. The van der Waals surface area contributed by atoms with Crippen molar-refractivity contribution in [3.05, 3.63) is 35.9 Å². The van der Waals surface area contributed by atoms with Crippen LogP contribution in [0.5, 0.6) is 0 Å². The molecule has 1 heterocycles. The predicted molar refractivity (Wildman–Crippen MR) is 88.8 cm³/mol. The monoisotopic (exact) mass is 340 g/mol. The number of benzene rings is 1. The summed E-state index contributed by atoms with van der Waals surface area (Å²) in [5.41, 5.74) is 1.20. The molecule has 1 N–H and O–H groups in total. The summed E-state index contributed by atoms with van der Waals surface area (Å²) in [7, 11) is -3.06. The van der Waals surface area contributed by atoms with Gasteiger partial charge in [-0.1, -0.05) is 37.3 Å². The van der Waals surface area contributed by atoms with Gasteiger partial charge in [0.2, 0.25) is 0 Å². The predicted octanol–water partition coefficient (Wildman–Crippen LogP) is 0.438. The third-order valence-corrected chi connectivity index (χ3v) is 5.55. The van der Waals surface area contributed by atoms with Gasteiger partial charge in [0.15, 0.2) is 9.84 Å². The first kappa shape index (κ1) is 17.9. The number of ether oxygens (including phenoxy) is 1. The number of sulfone groups is 1. The summed E-state index contributed by atoms with van der Waals surface area (Å²) in [5.74, 6) is -0.183. The lowest BCUT2D eigenvalue weighted by atomic mass is 10.2. The number of hydrogen-bond acceptors (Lipinski definition) is 5. The highest BCUT2D eigenvalue weighted by atomic mass is 32.2. The van der Waals surface area contributed by atoms with Gasteiger partial charge >= 0.3 is 0 Å². The van der Waals surface area contributed by atoms with Gasteiger partial charge in [0.25, 0.3) is 5.91 Å². The van der Waals surface area contributed by atoms with Gasteiger partial charge in [-0.3, -0.25) is 9.69 Å². The molecule has 0 radical (unpaired) electrons. The van der Waals surface area contributed by atoms with Gasteiger partial charge in [-0.15, -0.1) is 0 Å². The molecule has 1 amide bonds. The molecule has 1 aromatic rings. The standard InChI is InChI=1S/C16H24N2O4S/c1-2-23(20,21)11-8-17-16(19)15-13-18(9-10-22-15)12-14-6-4-3-5-7-14/h3-7,15H,2,8-13H2,1H3,(H,17,19). The summed E-state index contributed by atoms with van der Waals surface area (Å²) >= 11 is 0. The Morgan fingerprint density at radius 3 is 2.78 bits per heavy atom. The highest BCUT2D eigenvalue weighted by Gasteiger charge is 2.26. The van der Waals surface area contributed by atoms with Crippen molar-refractivity contribution >= 4 is 15.7 Å². The normalized spacial score (nSPS) is 19.4. The van der Waals surface area contributed by atoms with E-state index in [-0.39, 0.29) is 24.0 Å². The molecule has 1 aromatic carbocycles. The fourth-order valence-corrected chi connectivity index (χ4v) is 3.14. The Morgan fingerprint density at radius 2 is 2.09 bits per heavy atom. The molecule has 0 aliphatic carbocycles. The van der Waals surface area contributed by atoms with Crippen molar-refractivity contribution in [3.8, 4) is 0 Å². The van der Waals surface area contributed by atoms with Crippen LogP contribution < -0.4 is 5.32 Å². The number of carbonyl (C=O) groups is 1. The molecule has 2 rings (SSSR count). The number of nitrogens with one attached hydrogen (secondary N) is 1. The van der Waals surface area contributed by atoms with Crippen molar-refractivity contribution < 1.29 is 17.9 Å². The van der Waals surface area contributed by atoms with Gasteiger partial charge in [-0.25, -0.2) is 8.42 Å². The Kier molecular flexibility index (Phi) is 6.56. The second kappa shape index (κ2) is 8.42. The number of carbonyl (C=O) groups excluding carboxylic acids is 1. The fourth-order valence-electron chi connectivity index (χ4n) is 2.43. The van der Waals surface area contributed by atoms with Crippen molar-refractivity contribution in [3.63, 3.8) is 0 Å². The van der Waals surface area contributed by atoms with Crippen molar-refractivity contribution in [2.75, 3.05) is 37.7 Å². The van der Waals surface area contributed by atoms with Crippen molar-refractivity contribution in [2.24, 2.45) is 0 Å². The van der Waals surface area contributed by atoms with E-state index in [2.05, 4.69) is 22.3 Å². The van der Waals surface area contributed by atoms with Crippen molar-refractivity contribution in [1.82, 2.24) is 10.2 Å². The van der Waals surface area contributed by atoms with Crippen LogP contribution in [0.1, 0.15) is 12.5 Å². The van der Waals surface area contributed by atoms with Crippen LogP contribution in [-0.2, 0) is 25.9 Å². The van der Waals surface area contributed by atoms with Gasteiger partial charge in [0, 0.05) is 31.9 Å². The third kappa shape index (κ3) is 5.93. The maximum atomic E-state index is 12.1. The molecular formula is C16H24N2O4S. The highest BCUT2D eigenvalue weighted by molar-refractivity contribution is 7.91. The summed E-state index contributed by atoms with van der Waals surface area (Å²) < 4.78 is 28.4. The van der Waals surface area contributed by atoms with Crippen LogP contribution >= 0.6 is 0 Å². The van der Waals surface area contributed by atoms with E-state index >= 15 is 0 Å². The Morgan fingerprint density at radius 1 is 1.35 bits per heavy atom. The fraction of sp³-hybridized carbons (Fsp3) is 0.562. The number of amides is 1. The summed E-state index contributed by atoms with van der Waals surface area (Å²) in [6, 6.07) is 10.1. The quantitative estimate of drug-likeness (QED) is 0.779. The van der Waals surface area contributed by atoms with E-state index in [1.54, 1.807) is 6.92 Å². The molecule has 1 aliphatic heterocycles. The minimum Gasteiger partial charge on any atom is -0.366 e. The first-order valence-electron chi connectivity index (χ1n) is 7.86. The van der Waals surface area contributed by atoms with Crippen LogP contribution in [-0.4, -0.2) is 63.1 Å². The largest absolute Gasteiger partial charge is 0.366 e. The van der Waals surface area contributed by atoms with Crippen LogP contribution in [0.2, 0.25) is 0 Å². The molecule has 1 aliphatic rings. The molecule has 0 bridgehead atoms. The number of rotatable bonds is 7. The van der Waals surface area contributed by atoms with E-state index in [9.17, 15) is 13.2 Å². The average Bonchev–Trinajstić information content (AvgIpc) is 2.56. The van der Waals surface area contributed by atoms with Crippen LogP contribution in [0.15, 0.2) is 30.3 Å². The van der Waals surface area contributed by atoms with Crippen molar-refractivity contribution in [2.45, 2.75) is 19.6 Å². The van der Waals surface area contributed by atoms with Crippen LogP contribution in [0, 0.1) is 0 Å². The molecule has 0 aromatic heterocycles.